The minimum atomic E-state index is -1.98. The molecule has 6 heteroatoms. The molecule has 0 aliphatic carbocycles. The van der Waals surface area contributed by atoms with Gasteiger partial charge in [-0.2, -0.15) is 0 Å². The molecular formula is C9H13ClN2O2S. The first-order chi connectivity index (χ1) is 6.89. The van der Waals surface area contributed by atoms with Crippen molar-refractivity contribution in [2.24, 2.45) is 5.84 Å². The van der Waals surface area contributed by atoms with Crippen LogP contribution in [0.3, 0.4) is 0 Å². The lowest BCUT2D eigenvalue weighted by molar-refractivity contribution is 0.523. The molecule has 0 spiro atoms. The van der Waals surface area contributed by atoms with E-state index in [0.29, 0.717) is 16.3 Å². The van der Waals surface area contributed by atoms with Gasteiger partial charge in [0.25, 0.3) is 0 Å². The van der Waals surface area contributed by atoms with E-state index >= 15 is 0 Å². The third-order valence-electron chi connectivity index (χ3n) is 2.22. The van der Waals surface area contributed by atoms with Gasteiger partial charge in [0.1, 0.15) is 0 Å². The lowest BCUT2D eigenvalue weighted by Gasteiger charge is -2.23. The van der Waals surface area contributed by atoms with Crippen molar-refractivity contribution in [2.45, 2.75) is 18.6 Å². The normalized spacial score (nSPS) is 13.7. The molecule has 1 rings (SSSR count). The summed E-state index contributed by atoms with van der Waals surface area (Å²) in [7, 11) is 0. The molecule has 4 nitrogen and oxygen atoms in total. The van der Waals surface area contributed by atoms with Gasteiger partial charge in [0, 0.05) is 5.02 Å². The van der Waals surface area contributed by atoms with Crippen LogP contribution in [0.15, 0.2) is 18.2 Å². The minimum absolute atomic E-state index is 0.520. The number of nitrogens with two attached hydrogens (primary N) is 1. The molecule has 1 atom stereocenters. The number of halogens is 1. The molecule has 15 heavy (non-hydrogen) atoms. The molecule has 4 N–H and O–H groups in total. The molecule has 84 valence electrons. The van der Waals surface area contributed by atoms with E-state index in [0.717, 1.165) is 0 Å². The maximum atomic E-state index is 11.2. The first kappa shape index (κ1) is 12.4. The molecule has 0 radical (unpaired) electrons. The van der Waals surface area contributed by atoms with Crippen LogP contribution < -0.4 is 11.3 Å². The standard InChI is InChI=1S/C9H13ClN2O2S/c1-9(2,15(13)14)7-4-3-6(10)5-8(7)12-11/h3-5,12H,11H2,1-2H3,(H,13,14). The predicted octanol–water partition coefficient (Wildman–Crippen LogP) is 2.08. The highest BCUT2D eigenvalue weighted by atomic mass is 35.5. The van der Waals surface area contributed by atoms with Crippen LogP contribution in [-0.2, 0) is 15.8 Å². The van der Waals surface area contributed by atoms with Crippen molar-refractivity contribution in [2.75, 3.05) is 5.43 Å². The highest BCUT2D eigenvalue weighted by Crippen LogP contribution is 2.33. The summed E-state index contributed by atoms with van der Waals surface area (Å²) in [6, 6.07) is 4.96. The van der Waals surface area contributed by atoms with Gasteiger partial charge in [0.15, 0.2) is 11.1 Å². The quantitative estimate of drug-likeness (QED) is 0.435. The Labute approximate surface area is 96.1 Å². The fourth-order valence-corrected chi connectivity index (χ4v) is 1.79. The zero-order valence-electron chi connectivity index (χ0n) is 8.45. The van der Waals surface area contributed by atoms with Crippen molar-refractivity contribution in [3.8, 4) is 0 Å². The summed E-state index contributed by atoms with van der Waals surface area (Å²) in [6.07, 6.45) is 0. The van der Waals surface area contributed by atoms with Gasteiger partial charge in [0.2, 0.25) is 0 Å². The molecule has 1 unspecified atom stereocenters. The Morgan fingerprint density at radius 2 is 2.13 bits per heavy atom. The van der Waals surface area contributed by atoms with Crippen molar-refractivity contribution >= 4 is 28.4 Å². The number of nitrogens with one attached hydrogen (secondary N) is 1. The summed E-state index contributed by atoms with van der Waals surface area (Å²) in [5.74, 6) is 5.33. The maximum Gasteiger partial charge on any atom is 0.163 e. The third-order valence-corrected chi connectivity index (χ3v) is 3.55. The van der Waals surface area contributed by atoms with Gasteiger partial charge in [-0.15, -0.1) is 0 Å². The Hall–Kier alpha value is -0.620. The number of hydrazine groups is 1. The molecule has 0 aliphatic rings. The van der Waals surface area contributed by atoms with E-state index in [-0.39, 0.29) is 0 Å². The molecule has 0 aliphatic heterocycles. The van der Waals surface area contributed by atoms with Gasteiger partial charge in [-0.05, 0) is 31.5 Å². The van der Waals surface area contributed by atoms with Gasteiger partial charge in [-0.3, -0.25) is 5.84 Å². The van der Waals surface area contributed by atoms with Crippen LogP contribution in [0.4, 0.5) is 5.69 Å². The van der Waals surface area contributed by atoms with Crippen molar-refractivity contribution in [3.63, 3.8) is 0 Å². The molecular weight excluding hydrogens is 236 g/mol. The van der Waals surface area contributed by atoms with Gasteiger partial charge in [0.05, 0.1) is 10.4 Å². The van der Waals surface area contributed by atoms with Gasteiger partial charge >= 0.3 is 0 Å². The second kappa shape index (κ2) is 4.49. The SMILES string of the molecule is CC(C)(c1ccc(Cl)cc1NN)S(=O)O. The van der Waals surface area contributed by atoms with Crippen LogP contribution in [0.2, 0.25) is 5.02 Å². The first-order valence-electron chi connectivity index (χ1n) is 4.27. The van der Waals surface area contributed by atoms with Crippen molar-refractivity contribution in [1.29, 1.82) is 0 Å². The molecule has 0 heterocycles. The Bertz CT molecular complexity index is 396. The van der Waals surface area contributed by atoms with E-state index in [1.54, 1.807) is 32.0 Å². The lowest BCUT2D eigenvalue weighted by Crippen LogP contribution is -2.25. The van der Waals surface area contributed by atoms with Crippen molar-refractivity contribution in [3.05, 3.63) is 28.8 Å². The van der Waals surface area contributed by atoms with Gasteiger partial charge < -0.3 is 9.98 Å². The zero-order chi connectivity index (χ0) is 11.6. The highest BCUT2D eigenvalue weighted by molar-refractivity contribution is 7.80. The Balaban J connectivity index is 3.31. The van der Waals surface area contributed by atoms with Gasteiger partial charge in [-0.1, -0.05) is 17.7 Å². The van der Waals surface area contributed by atoms with Crippen molar-refractivity contribution in [1.82, 2.24) is 0 Å². The van der Waals surface area contributed by atoms with Crippen LogP contribution in [0.25, 0.3) is 0 Å². The zero-order valence-corrected chi connectivity index (χ0v) is 10.0. The maximum absolute atomic E-state index is 11.2. The topological polar surface area (TPSA) is 75.3 Å². The van der Waals surface area contributed by atoms with E-state index in [9.17, 15) is 8.76 Å². The fraction of sp³-hybridized carbons (Fsp3) is 0.333. The average Bonchev–Trinajstić information content (AvgIpc) is 2.16. The van der Waals surface area contributed by atoms with E-state index < -0.39 is 15.8 Å². The predicted molar refractivity (Wildman–Crippen MR) is 63.1 cm³/mol. The Morgan fingerprint density at radius 1 is 1.53 bits per heavy atom. The first-order valence-corrected chi connectivity index (χ1v) is 5.75. The number of hydrogen-bond acceptors (Lipinski definition) is 3. The molecule has 0 fully saturated rings. The minimum Gasteiger partial charge on any atom is -0.324 e. The molecule has 0 amide bonds. The molecule has 0 aromatic heterocycles. The van der Waals surface area contributed by atoms with Crippen LogP contribution >= 0.6 is 11.6 Å². The Morgan fingerprint density at radius 3 is 2.60 bits per heavy atom. The van der Waals surface area contributed by atoms with Crippen LogP contribution in [0.1, 0.15) is 19.4 Å². The summed E-state index contributed by atoms with van der Waals surface area (Å²) in [6.45, 7) is 3.32. The number of nitrogen functional groups attached to an aromatic ring is 1. The summed E-state index contributed by atoms with van der Waals surface area (Å²) >= 11 is 3.81. The summed E-state index contributed by atoms with van der Waals surface area (Å²) in [4.78, 5) is 0. The second-order valence-corrected chi connectivity index (χ2v) is 5.55. The second-order valence-electron chi connectivity index (χ2n) is 3.59. The monoisotopic (exact) mass is 248 g/mol. The van der Waals surface area contributed by atoms with Crippen LogP contribution in [0, 0.1) is 0 Å². The highest BCUT2D eigenvalue weighted by Gasteiger charge is 2.29. The van der Waals surface area contributed by atoms with Crippen LogP contribution in [0.5, 0.6) is 0 Å². The fourth-order valence-electron chi connectivity index (χ4n) is 1.25. The summed E-state index contributed by atoms with van der Waals surface area (Å²) in [5, 5.41) is 0.520. The Kier molecular flexibility index (Phi) is 3.72. The van der Waals surface area contributed by atoms with Crippen LogP contribution in [-0.4, -0.2) is 8.76 Å². The van der Waals surface area contributed by atoms with E-state index in [1.165, 1.54) is 0 Å². The smallest absolute Gasteiger partial charge is 0.163 e. The number of hydrogen-bond donors (Lipinski definition) is 3. The molecule has 1 aromatic rings. The number of anilines is 1. The van der Waals surface area contributed by atoms with E-state index in [2.05, 4.69) is 5.43 Å². The number of rotatable bonds is 3. The lowest BCUT2D eigenvalue weighted by atomic mass is 10.0. The molecule has 0 bridgehead atoms. The number of benzene rings is 1. The van der Waals surface area contributed by atoms with Gasteiger partial charge in [-0.25, -0.2) is 4.21 Å². The largest absolute Gasteiger partial charge is 0.324 e. The third kappa shape index (κ3) is 2.49. The van der Waals surface area contributed by atoms with E-state index in [4.69, 9.17) is 17.4 Å². The van der Waals surface area contributed by atoms with Crippen molar-refractivity contribution < 1.29 is 8.76 Å². The van der Waals surface area contributed by atoms with E-state index in [1.807, 2.05) is 0 Å². The summed E-state index contributed by atoms with van der Waals surface area (Å²) < 4.78 is 19.5. The molecule has 1 aromatic carbocycles. The summed E-state index contributed by atoms with van der Waals surface area (Å²) in [5.41, 5.74) is 3.67. The molecule has 0 saturated heterocycles. The molecule has 0 saturated carbocycles. The average molecular weight is 249 g/mol.